The van der Waals surface area contributed by atoms with Gasteiger partial charge in [0.15, 0.2) is 6.10 Å². The van der Waals surface area contributed by atoms with Crippen LogP contribution in [0, 0.1) is 0 Å². The maximum absolute atomic E-state index is 12.1. The second kappa shape index (κ2) is 6.94. The van der Waals surface area contributed by atoms with Crippen molar-refractivity contribution in [3.05, 3.63) is 24.3 Å². The summed E-state index contributed by atoms with van der Waals surface area (Å²) in [6.07, 6.45) is -0.973. The van der Waals surface area contributed by atoms with Gasteiger partial charge in [-0.1, -0.05) is 6.07 Å². The van der Waals surface area contributed by atoms with Crippen molar-refractivity contribution < 1.29 is 24.2 Å². The summed E-state index contributed by atoms with van der Waals surface area (Å²) in [5, 5.41) is 11.7. The Hall–Kier alpha value is -2.28. The molecular formula is C14H18N2O5. The number of amides is 2. The number of carbonyl (C=O) groups excluding carboxylic acids is 1. The van der Waals surface area contributed by atoms with Gasteiger partial charge in [0, 0.05) is 18.3 Å². The number of carbonyl (C=O) groups is 2. The summed E-state index contributed by atoms with van der Waals surface area (Å²) in [6, 6.07) is 6.69. The molecule has 1 heterocycles. The fraction of sp³-hybridized carbons (Fsp3) is 0.429. The molecule has 7 nitrogen and oxygen atoms in total. The number of nitrogens with zero attached hydrogens (tertiary/aromatic N) is 1. The van der Waals surface area contributed by atoms with Crippen molar-refractivity contribution in [1.82, 2.24) is 4.90 Å². The molecule has 0 aromatic heterocycles. The Balaban J connectivity index is 1.97. The van der Waals surface area contributed by atoms with Crippen molar-refractivity contribution in [2.45, 2.75) is 13.0 Å². The molecule has 0 bridgehead atoms. The van der Waals surface area contributed by atoms with E-state index in [0.29, 0.717) is 24.6 Å². The predicted octanol–water partition coefficient (Wildman–Crippen LogP) is 1.40. The minimum atomic E-state index is -1.06. The Morgan fingerprint density at radius 3 is 3.05 bits per heavy atom. The molecule has 1 aromatic carbocycles. The van der Waals surface area contributed by atoms with Crippen molar-refractivity contribution in [3.8, 4) is 5.75 Å². The summed E-state index contributed by atoms with van der Waals surface area (Å²) in [5.41, 5.74) is 0.601. The zero-order valence-electron chi connectivity index (χ0n) is 11.7. The molecule has 2 N–H and O–H groups in total. The average molecular weight is 294 g/mol. The molecule has 0 spiro atoms. The highest BCUT2D eigenvalue weighted by molar-refractivity contribution is 5.90. The number of ether oxygens (including phenoxy) is 2. The van der Waals surface area contributed by atoms with Crippen LogP contribution in [0.1, 0.15) is 6.92 Å². The monoisotopic (exact) mass is 294 g/mol. The smallest absolute Gasteiger partial charge is 0.334 e. The predicted molar refractivity (Wildman–Crippen MR) is 75.6 cm³/mol. The Kier molecular flexibility index (Phi) is 4.99. The van der Waals surface area contributed by atoms with E-state index >= 15 is 0 Å². The van der Waals surface area contributed by atoms with Crippen LogP contribution in [0.3, 0.4) is 0 Å². The van der Waals surface area contributed by atoms with Gasteiger partial charge < -0.3 is 24.8 Å². The van der Waals surface area contributed by atoms with E-state index < -0.39 is 12.1 Å². The van der Waals surface area contributed by atoms with Gasteiger partial charge in [-0.25, -0.2) is 9.59 Å². The summed E-state index contributed by atoms with van der Waals surface area (Å²) in [6.45, 7) is 3.03. The molecule has 2 rings (SSSR count). The Bertz CT molecular complexity index is 520. The first-order valence-electron chi connectivity index (χ1n) is 6.73. The molecule has 1 aliphatic rings. The zero-order valence-corrected chi connectivity index (χ0v) is 11.7. The molecule has 1 unspecified atom stereocenters. The Morgan fingerprint density at radius 2 is 2.33 bits per heavy atom. The number of carboxylic acids is 1. The van der Waals surface area contributed by atoms with Gasteiger partial charge in [0.25, 0.3) is 0 Å². The third-order valence-electron chi connectivity index (χ3n) is 3.03. The molecule has 1 aliphatic heterocycles. The molecule has 0 saturated carbocycles. The van der Waals surface area contributed by atoms with Crippen LogP contribution >= 0.6 is 0 Å². The summed E-state index contributed by atoms with van der Waals surface area (Å²) < 4.78 is 10.4. The largest absolute Gasteiger partial charge is 0.494 e. The SMILES string of the molecule is CCOc1cccc(NC(=O)N2CCOC(C(=O)O)C2)c1. The van der Waals surface area contributed by atoms with Crippen LogP contribution in [0.15, 0.2) is 24.3 Å². The first-order valence-corrected chi connectivity index (χ1v) is 6.73. The van der Waals surface area contributed by atoms with Gasteiger partial charge in [0.1, 0.15) is 5.75 Å². The summed E-state index contributed by atoms with van der Waals surface area (Å²) in [4.78, 5) is 24.5. The first-order chi connectivity index (χ1) is 10.1. The highest BCUT2D eigenvalue weighted by atomic mass is 16.5. The van der Waals surface area contributed by atoms with Gasteiger partial charge >= 0.3 is 12.0 Å². The standard InChI is InChI=1S/C14H18N2O5/c1-2-20-11-5-3-4-10(8-11)15-14(19)16-6-7-21-12(9-16)13(17)18/h3-5,8,12H,2,6-7,9H2,1H3,(H,15,19)(H,17,18). The normalized spacial score (nSPS) is 18.1. The molecule has 7 heteroatoms. The lowest BCUT2D eigenvalue weighted by molar-refractivity contribution is -0.154. The average Bonchev–Trinajstić information content (AvgIpc) is 2.48. The van der Waals surface area contributed by atoms with E-state index in [9.17, 15) is 9.59 Å². The van der Waals surface area contributed by atoms with Gasteiger partial charge in [0.2, 0.25) is 0 Å². The lowest BCUT2D eigenvalue weighted by atomic mass is 10.2. The summed E-state index contributed by atoms with van der Waals surface area (Å²) in [7, 11) is 0. The number of morpholine rings is 1. The van der Waals surface area contributed by atoms with Gasteiger partial charge in [-0.2, -0.15) is 0 Å². The number of carboxylic acid groups (broad SMARTS) is 1. The number of nitrogens with one attached hydrogen (secondary N) is 1. The third kappa shape index (κ3) is 4.09. The van der Waals surface area contributed by atoms with Crippen LogP contribution in [0.2, 0.25) is 0 Å². The zero-order chi connectivity index (χ0) is 15.2. The Labute approximate surface area is 122 Å². The number of rotatable bonds is 4. The number of hydrogen-bond donors (Lipinski definition) is 2. The van der Waals surface area contributed by atoms with E-state index in [0.717, 1.165) is 0 Å². The molecule has 1 aromatic rings. The van der Waals surface area contributed by atoms with Crippen molar-refractivity contribution in [1.29, 1.82) is 0 Å². The maximum Gasteiger partial charge on any atom is 0.334 e. The van der Waals surface area contributed by atoms with Crippen LogP contribution in [-0.4, -0.2) is 54.4 Å². The number of benzene rings is 1. The van der Waals surface area contributed by atoms with Crippen LogP contribution in [0.25, 0.3) is 0 Å². The lowest BCUT2D eigenvalue weighted by Gasteiger charge is -2.30. The van der Waals surface area contributed by atoms with E-state index in [1.807, 2.05) is 6.92 Å². The van der Waals surface area contributed by atoms with Crippen LogP contribution in [0.4, 0.5) is 10.5 Å². The van der Waals surface area contributed by atoms with Crippen molar-refractivity contribution >= 4 is 17.7 Å². The second-order valence-corrected chi connectivity index (χ2v) is 4.53. The molecule has 0 radical (unpaired) electrons. The third-order valence-corrected chi connectivity index (χ3v) is 3.03. The highest BCUT2D eigenvalue weighted by Crippen LogP contribution is 2.18. The van der Waals surface area contributed by atoms with Crippen molar-refractivity contribution in [3.63, 3.8) is 0 Å². The number of aliphatic carboxylic acids is 1. The van der Waals surface area contributed by atoms with Crippen LogP contribution in [0.5, 0.6) is 5.75 Å². The molecule has 2 amide bonds. The first kappa shape index (κ1) is 15.1. The molecule has 0 aliphatic carbocycles. The van der Waals surface area contributed by atoms with Gasteiger partial charge in [-0.05, 0) is 19.1 Å². The topological polar surface area (TPSA) is 88.1 Å². The summed E-state index contributed by atoms with van der Waals surface area (Å²) in [5.74, 6) is -0.397. The van der Waals surface area contributed by atoms with Gasteiger partial charge in [-0.15, -0.1) is 0 Å². The van der Waals surface area contributed by atoms with E-state index in [2.05, 4.69) is 5.32 Å². The maximum atomic E-state index is 12.1. The van der Waals surface area contributed by atoms with E-state index in [1.54, 1.807) is 24.3 Å². The van der Waals surface area contributed by atoms with Gasteiger partial charge in [-0.3, -0.25) is 0 Å². The molecule has 21 heavy (non-hydrogen) atoms. The molecular weight excluding hydrogens is 276 g/mol. The Morgan fingerprint density at radius 1 is 1.52 bits per heavy atom. The second-order valence-electron chi connectivity index (χ2n) is 4.53. The van der Waals surface area contributed by atoms with E-state index in [4.69, 9.17) is 14.6 Å². The number of urea groups is 1. The number of anilines is 1. The minimum absolute atomic E-state index is 0.0340. The van der Waals surface area contributed by atoms with Crippen molar-refractivity contribution in [2.24, 2.45) is 0 Å². The summed E-state index contributed by atoms with van der Waals surface area (Å²) >= 11 is 0. The van der Waals surface area contributed by atoms with E-state index in [-0.39, 0.29) is 19.2 Å². The highest BCUT2D eigenvalue weighted by Gasteiger charge is 2.28. The molecule has 1 fully saturated rings. The van der Waals surface area contributed by atoms with Gasteiger partial charge in [0.05, 0.1) is 19.8 Å². The minimum Gasteiger partial charge on any atom is -0.494 e. The quantitative estimate of drug-likeness (QED) is 0.876. The molecule has 1 atom stereocenters. The number of hydrogen-bond acceptors (Lipinski definition) is 4. The van der Waals surface area contributed by atoms with Crippen LogP contribution in [-0.2, 0) is 9.53 Å². The van der Waals surface area contributed by atoms with E-state index in [1.165, 1.54) is 4.90 Å². The van der Waals surface area contributed by atoms with Crippen LogP contribution < -0.4 is 10.1 Å². The lowest BCUT2D eigenvalue weighted by Crippen LogP contribution is -2.49. The van der Waals surface area contributed by atoms with Crippen molar-refractivity contribution in [2.75, 3.05) is 31.6 Å². The molecule has 114 valence electrons. The molecule has 1 saturated heterocycles. The fourth-order valence-corrected chi connectivity index (χ4v) is 2.02. The fourth-order valence-electron chi connectivity index (χ4n) is 2.02.